The first-order valence-electron chi connectivity index (χ1n) is 5.29. The summed E-state index contributed by atoms with van der Waals surface area (Å²) in [6.07, 6.45) is 0. The summed E-state index contributed by atoms with van der Waals surface area (Å²) in [6, 6.07) is 9.44. The Morgan fingerprint density at radius 2 is 1.83 bits per heavy atom. The molecule has 0 atom stereocenters. The second kappa shape index (κ2) is 5.46. The Bertz CT molecular complexity index is 573. The molecule has 2 nitrogen and oxygen atoms in total. The van der Waals surface area contributed by atoms with E-state index in [4.69, 9.17) is 28.9 Å². The van der Waals surface area contributed by atoms with Crippen LogP contribution in [0.5, 0.6) is 0 Å². The Balaban J connectivity index is 2.13. The van der Waals surface area contributed by atoms with Crippen LogP contribution in [0.1, 0.15) is 5.56 Å². The molecule has 18 heavy (non-hydrogen) atoms. The third-order valence-corrected chi connectivity index (χ3v) is 3.16. The fourth-order valence-corrected chi connectivity index (χ4v) is 1.95. The smallest absolute Gasteiger partial charge is 0.124 e. The van der Waals surface area contributed by atoms with E-state index in [0.29, 0.717) is 22.3 Å². The molecule has 5 heteroatoms. The van der Waals surface area contributed by atoms with Gasteiger partial charge in [-0.25, -0.2) is 4.39 Å². The van der Waals surface area contributed by atoms with Gasteiger partial charge in [-0.05, 0) is 35.9 Å². The zero-order chi connectivity index (χ0) is 13.1. The number of benzene rings is 2. The molecule has 0 fully saturated rings. The van der Waals surface area contributed by atoms with Crippen molar-refractivity contribution in [1.29, 1.82) is 0 Å². The van der Waals surface area contributed by atoms with Gasteiger partial charge in [-0.1, -0.05) is 29.3 Å². The molecule has 2 aromatic rings. The van der Waals surface area contributed by atoms with Crippen LogP contribution in [-0.4, -0.2) is 0 Å². The lowest BCUT2D eigenvalue weighted by Crippen LogP contribution is -2.01. The monoisotopic (exact) mass is 284 g/mol. The number of nitrogens with two attached hydrogens (primary N) is 1. The molecule has 0 aromatic heterocycles. The second-order valence-electron chi connectivity index (χ2n) is 3.83. The minimum atomic E-state index is -0.356. The molecule has 0 aliphatic heterocycles. The van der Waals surface area contributed by atoms with Gasteiger partial charge in [0.05, 0.1) is 10.7 Å². The molecular weight excluding hydrogens is 274 g/mol. The first-order valence-corrected chi connectivity index (χ1v) is 6.04. The lowest BCUT2D eigenvalue weighted by molar-refractivity contribution is 0.627. The van der Waals surface area contributed by atoms with Crippen molar-refractivity contribution in [2.75, 3.05) is 11.1 Å². The fraction of sp³-hybridized carbons (Fsp3) is 0.0769. The maximum atomic E-state index is 12.9. The van der Waals surface area contributed by atoms with Crippen molar-refractivity contribution in [3.63, 3.8) is 0 Å². The van der Waals surface area contributed by atoms with Crippen molar-refractivity contribution >= 4 is 34.6 Å². The third kappa shape index (κ3) is 3.06. The van der Waals surface area contributed by atoms with E-state index in [1.807, 2.05) is 0 Å². The Morgan fingerprint density at radius 3 is 2.56 bits per heavy atom. The lowest BCUT2D eigenvalue weighted by Gasteiger charge is -2.10. The highest BCUT2D eigenvalue weighted by molar-refractivity contribution is 6.33. The Morgan fingerprint density at radius 1 is 1.06 bits per heavy atom. The molecule has 2 aromatic carbocycles. The highest BCUT2D eigenvalue weighted by Gasteiger charge is 2.04. The number of rotatable bonds is 3. The molecule has 0 saturated carbocycles. The summed E-state index contributed by atoms with van der Waals surface area (Å²) in [5.74, 6) is -0.356. The van der Waals surface area contributed by atoms with Crippen LogP contribution in [0.2, 0.25) is 10.0 Å². The first-order chi connectivity index (χ1) is 8.56. The minimum absolute atomic E-state index is 0.356. The number of anilines is 2. The van der Waals surface area contributed by atoms with Crippen molar-refractivity contribution in [3.05, 3.63) is 57.8 Å². The van der Waals surface area contributed by atoms with Gasteiger partial charge < -0.3 is 11.1 Å². The van der Waals surface area contributed by atoms with Crippen molar-refractivity contribution in [2.45, 2.75) is 6.54 Å². The minimum Gasteiger partial charge on any atom is -0.399 e. The predicted molar refractivity (Wildman–Crippen MR) is 74.6 cm³/mol. The molecule has 2 rings (SSSR count). The molecule has 0 aliphatic rings. The van der Waals surface area contributed by atoms with Crippen LogP contribution in [0.4, 0.5) is 15.8 Å². The highest BCUT2D eigenvalue weighted by atomic mass is 35.5. The van der Waals surface area contributed by atoms with Gasteiger partial charge in [-0.3, -0.25) is 0 Å². The molecule has 0 amide bonds. The third-order valence-electron chi connectivity index (χ3n) is 2.47. The van der Waals surface area contributed by atoms with Crippen molar-refractivity contribution in [3.8, 4) is 0 Å². The maximum Gasteiger partial charge on any atom is 0.124 e. The summed E-state index contributed by atoms with van der Waals surface area (Å²) >= 11 is 11.9. The molecule has 0 bridgehead atoms. The van der Waals surface area contributed by atoms with Gasteiger partial charge in [-0.15, -0.1) is 0 Å². The van der Waals surface area contributed by atoms with E-state index >= 15 is 0 Å². The van der Waals surface area contributed by atoms with Gasteiger partial charge in [0.1, 0.15) is 5.82 Å². The van der Waals surface area contributed by atoms with Crippen LogP contribution in [0.15, 0.2) is 36.4 Å². The van der Waals surface area contributed by atoms with Crippen molar-refractivity contribution in [1.82, 2.24) is 0 Å². The molecule has 0 unspecified atom stereocenters. The van der Waals surface area contributed by atoms with Crippen LogP contribution >= 0.6 is 23.2 Å². The van der Waals surface area contributed by atoms with E-state index in [0.717, 1.165) is 11.3 Å². The van der Waals surface area contributed by atoms with Crippen LogP contribution in [-0.2, 0) is 6.54 Å². The van der Waals surface area contributed by atoms with Gasteiger partial charge in [-0.2, -0.15) is 0 Å². The summed E-state index contributed by atoms with van der Waals surface area (Å²) in [5.41, 5.74) is 7.80. The van der Waals surface area contributed by atoms with Crippen LogP contribution < -0.4 is 11.1 Å². The van der Waals surface area contributed by atoms with E-state index < -0.39 is 0 Å². The van der Waals surface area contributed by atoms with Crippen LogP contribution in [0.25, 0.3) is 0 Å². The second-order valence-corrected chi connectivity index (χ2v) is 4.64. The molecular formula is C13H11Cl2FN2. The van der Waals surface area contributed by atoms with E-state index in [1.54, 1.807) is 24.3 Å². The number of halogens is 3. The average molecular weight is 285 g/mol. The Kier molecular flexibility index (Phi) is 3.94. The molecule has 0 radical (unpaired) electrons. The average Bonchev–Trinajstić information content (AvgIpc) is 2.32. The largest absolute Gasteiger partial charge is 0.399 e. The standard InChI is InChI=1S/C13H11Cl2FN2/c14-11-4-3-10(17)6-13(11)18-7-8-1-2-9(16)5-12(8)15/h1-6,18H,7,17H2. The van der Waals surface area contributed by atoms with Crippen molar-refractivity contribution in [2.24, 2.45) is 0 Å². The van der Waals surface area contributed by atoms with Gasteiger partial charge in [0.2, 0.25) is 0 Å². The molecule has 0 aliphatic carbocycles. The van der Waals surface area contributed by atoms with E-state index in [-0.39, 0.29) is 5.82 Å². The summed E-state index contributed by atoms with van der Waals surface area (Å²) in [4.78, 5) is 0. The highest BCUT2D eigenvalue weighted by Crippen LogP contribution is 2.25. The summed E-state index contributed by atoms with van der Waals surface area (Å²) in [7, 11) is 0. The zero-order valence-electron chi connectivity index (χ0n) is 9.38. The van der Waals surface area contributed by atoms with Crippen LogP contribution in [0, 0.1) is 5.82 Å². The quantitative estimate of drug-likeness (QED) is 0.824. The van der Waals surface area contributed by atoms with Crippen molar-refractivity contribution < 1.29 is 4.39 Å². The SMILES string of the molecule is Nc1ccc(Cl)c(NCc2ccc(F)cc2Cl)c1. The molecule has 0 saturated heterocycles. The molecule has 94 valence electrons. The normalized spacial score (nSPS) is 10.4. The van der Waals surface area contributed by atoms with Gasteiger partial charge >= 0.3 is 0 Å². The van der Waals surface area contributed by atoms with E-state index in [1.165, 1.54) is 12.1 Å². The van der Waals surface area contributed by atoms with E-state index in [2.05, 4.69) is 5.32 Å². The topological polar surface area (TPSA) is 38.0 Å². The molecule has 3 N–H and O–H groups in total. The number of hydrogen-bond donors (Lipinski definition) is 2. The maximum absolute atomic E-state index is 12.9. The van der Waals surface area contributed by atoms with Gasteiger partial charge in [0.15, 0.2) is 0 Å². The summed E-state index contributed by atoms with van der Waals surface area (Å²) in [6.45, 7) is 0.447. The number of nitrogens with one attached hydrogen (secondary N) is 1. The summed E-state index contributed by atoms with van der Waals surface area (Å²) in [5, 5.41) is 4.06. The number of nitrogen functional groups attached to an aromatic ring is 1. The summed E-state index contributed by atoms with van der Waals surface area (Å²) < 4.78 is 12.9. The molecule has 0 spiro atoms. The lowest BCUT2D eigenvalue weighted by atomic mass is 10.2. The Labute approximate surface area is 115 Å². The number of hydrogen-bond acceptors (Lipinski definition) is 2. The zero-order valence-corrected chi connectivity index (χ0v) is 10.9. The molecule has 0 heterocycles. The van der Waals surface area contributed by atoms with E-state index in [9.17, 15) is 4.39 Å². The predicted octanol–water partition coefficient (Wildman–Crippen LogP) is 4.33. The van der Waals surface area contributed by atoms with Gasteiger partial charge in [0, 0.05) is 17.3 Å². The van der Waals surface area contributed by atoms with Gasteiger partial charge in [0.25, 0.3) is 0 Å². The fourth-order valence-electron chi connectivity index (χ4n) is 1.53. The Hall–Kier alpha value is -1.45. The first kappa shape index (κ1) is 13.0. The van der Waals surface area contributed by atoms with Crippen LogP contribution in [0.3, 0.4) is 0 Å².